The molecule has 0 aliphatic carbocycles. The monoisotopic (exact) mass is 272 g/mol. The van der Waals surface area contributed by atoms with Gasteiger partial charge in [-0.2, -0.15) is 0 Å². The SMILES string of the molecule is COc1ccc(NC(=O)c2cc(O)ccc2N)c(C)c1. The van der Waals surface area contributed by atoms with E-state index in [2.05, 4.69) is 5.32 Å². The molecule has 0 bridgehead atoms. The number of hydrogen-bond donors (Lipinski definition) is 3. The molecule has 0 saturated heterocycles. The maximum Gasteiger partial charge on any atom is 0.257 e. The van der Waals surface area contributed by atoms with Gasteiger partial charge in [0.15, 0.2) is 0 Å². The van der Waals surface area contributed by atoms with Crippen molar-refractivity contribution in [2.24, 2.45) is 0 Å². The van der Waals surface area contributed by atoms with Gasteiger partial charge in [-0.05, 0) is 48.9 Å². The molecule has 0 saturated carbocycles. The third-order valence-corrected chi connectivity index (χ3v) is 2.96. The summed E-state index contributed by atoms with van der Waals surface area (Å²) >= 11 is 0. The Kier molecular flexibility index (Phi) is 3.79. The number of amides is 1. The number of nitrogens with two attached hydrogens (primary N) is 1. The van der Waals surface area contributed by atoms with Crippen LogP contribution >= 0.6 is 0 Å². The summed E-state index contributed by atoms with van der Waals surface area (Å²) in [5.74, 6) is 0.347. The van der Waals surface area contributed by atoms with Gasteiger partial charge in [0.1, 0.15) is 11.5 Å². The van der Waals surface area contributed by atoms with Crippen molar-refractivity contribution in [2.45, 2.75) is 6.92 Å². The van der Waals surface area contributed by atoms with E-state index in [1.165, 1.54) is 18.2 Å². The van der Waals surface area contributed by atoms with Crippen LogP contribution in [0.1, 0.15) is 15.9 Å². The van der Waals surface area contributed by atoms with E-state index >= 15 is 0 Å². The number of aromatic hydroxyl groups is 1. The Labute approximate surface area is 117 Å². The number of methoxy groups -OCH3 is 1. The van der Waals surface area contributed by atoms with E-state index in [-0.39, 0.29) is 17.2 Å². The first-order valence-electron chi connectivity index (χ1n) is 6.05. The highest BCUT2D eigenvalue weighted by atomic mass is 16.5. The molecule has 5 nitrogen and oxygen atoms in total. The third-order valence-electron chi connectivity index (χ3n) is 2.96. The highest BCUT2D eigenvalue weighted by molar-refractivity contribution is 6.08. The summed E-state index contributed by atoms with van der Waals surface area (Å²) < 4.78 is 5.11. The van der Waals surface area contributed by atoms with Crippen LogP contribution in [0.3, 0.4) is 0 Å². The van der Waals surface area contributed by atoms with Crippen molar-refractivity contribution in [3.8, 4) is 11.5 Å². The summed E-state index contributed by atoms with van der Waals surface area (Å²) in [6, 6.07) is 9.60. The molecule has 1 amide bonds. The number of benzene rings is 2. The quantitative estimate of drug-likeness (QED) is 0.592. The number of phenols is 1. The minimum absolute atomic E-state index is 0.00389. The standard InChI is InChI=1S/C15H16N2O3/c1-9-7-11(20-2)4-6-14(9)17-15(19)12-8-10(18)3-5-13(12)16/h3-8,18H,16H2,1-2H3,(H,17,19). The van der Waals surface area contributed by atoms with Crippen LogP contribution < -0.4 is 15.8 Å². The van der Waals surface area contributed by atoms with Gasteiger partial charge >= 0.3 is 0 Å². The highest BCUT2D eigenvalue weighted by Crippen LogP contribution is 2.24. The highest BCUT2D eigenvalue weighted by Gasteiger charge is 2.12. The zero-order valence-electron chi connectivity index (χ0n) is 11.3. The fourth-order valence-electron chi connectivity index (χ4n) is 1.83. The normalized spacial score (nSPS) is 10.1. The van der Waals surface area contributed by atoms with Crippen LogP contribution in [0.15, 0.2) is 36.4 Å². The molecule has 20 heavy (non-hydrogen) atoms. The molecule has 2 aromatic carbocycles. The Morgan fingerprint density at radius 2 is 2.00 bits per heavy atom. The fraction of sp³-hybridized carbons (Fsp3) is 0.133. The largest absolute Gasteiger partial charge is 0.508 e. The van der Waals surface area contributed by atoms with Crippen LogP contribution in [-0.2, 0) is 0 Å². The lowest BCUT2D eigenvalue weighted by atomic mass is 10.1. The number of nitrogens with one attached hydrogen (secondary N) is 1. The van der Waals surface area contributed by atoms with Crippen LogP contribution in [0.5, 0.6) is 11.5 Å². The molecule has 0 spiro atoms. The molecular weight excluding hydrogens is 256 g/mol. The van der Waals surface area contributed by atoms with E-state index in [9.17, 15) is 9.90 Å². The number of hydrogen-bond acceptors (Lipinski definition) is 4. The molecule has 0 radical (unpaired) electrons. The van der Waals surface area contributed by atoms with E-state index in [0.717, 1.165) is 11.3 Å². The summed E-state index contributed by atoms with van der Waals surface area (Å²) in [6.45, 7) is 1.87. The lowest BCUT2D eigenvalue weighted by molar-refractivity contribution is 0.102. The lowest BCUT2D eigenvalue weighted by Gasteiger charge is -2.11. The first-order valence-corrected chi connectivity index (χ1v) is 6.05. The van der Waals surface area contributed by atoms with Crippen molar-refractivity contribution in [3.05, 3.63) is 47.5 Å². The molecule has 0 unspecified atom stereocenters. The topological polar surface area (TPSA) is 84.6 Å². The van der Waals surface area contributed by atoms with Crippen LogP contribution in [0.4, 0.5) is 11.4 Å². The van der Waals surface area contributed by atoms with Crippen LogP contribution in [0.25, 0.3) is 0 Å². The molecule has 2 rings (SSSR count). The van der Waals surface area contributed by atoms with Gasteiger partial charge in [0.05, 0.1) is 12.7 Å². The Morgan fingerprint density at radius 3 is 2.65 bits per heavy atom. The molecule has 104 valence electrons. The van der Waals surface area contributed by atoms with Gasteiger partial charge in [-0.15, -0.1) is 0 Å². The van der Waals surface area contributed by atoms with Crippen LogP contribution in [0, 0.1) is 6.92 Å². The average molecular weight is 272 g/mol. The minimum Gasteiger partial charge on any atom is -0.508 e. The Morgan fingerprint density at radius 1 is 1.25 bits per heavy atom. The molecule has 0 atom stereocenters. The molecular formula is C15H16N2O3. The minimum atomic E-state index is -0.369. The lowest BCUT2D eigenvalue weighted by Crippen LogP contribution is -2.14. The van der Waals surface area contributed by atoms with E-state index in [1.807, 2.05) is 13.0 Å². The van der Waals surface area contributed by atoms with Gasteiger partial charge in [0.2, 0.25) is 0 Å². The predicted octanol–water partition coefficient (Wildman–Crippen LogP) is 2.54. The number of anilines is 2. The van der Waals surface area contributed by atoms with Crippen LogP contribution in [-0.4, -0.2) is 18.1 Å². The molecule has 0 aromatic heterocycles. The summed E-state index contributed by atoms with van der Waals surface area (Å²) in [5.41, 5.74) is 7.82. The van der Waals surface area contributed by atoms with Crippen molar-refractivity contribution < 1.29 is 14.6 Å². The molecule has 4 N–H and O–H groups in total. The van der Waals surface area contributed by atoms with Gasteiger partial charge in [-0.25, -0.2) is 0 Å². The van der Waals surface area contributed by atoms with Gasteiger partial charge < -0.3 is 20.9 Å². The number of ether oxygens (including phenoxy) is 1. The van der Waals surface area contributed by atoms with E-state index in [4.69, 9.17) is 10.5 Å². The van der Waals surface area contributed by atoms with Crippen molar-refractivity contribution in [1.29, 1.82) is 0 Å². The Bertz CT molecular complexity index is 654. The predicted molar refractivity (Wildman–Crippen MR) is 78.2 cm³/mol. The number of rotatable bonds is 3. The number of phenolic OH excluding ortho intramolecular Hbond substituents is 1. The van der Waals surface area contributed by atoms with E-state index in [1.54, 1.807) is 19.2 Å². The van der Waals surface area contributed by atoms with Crippen molar-refractivity contribution in [3.63, 3.8) is 0 Å². The Balaban J connectivity index is 2.25. The average Bonchev–Trinajstić information content (AvgIpc) is 2.43. The molecule has 5 heteroatoms. The maximum absolute atomic E-state index is 12.2. The zero-order valence-corrected chi connectivity index (χ0v) is 11.3. The van der Waals surface area contributed by atoms with Crippen molar-refractivity contribution >= 4 is 17.3 Å². The smallest absolute Gasteiger partial charge is 0.257 e. The van der Waals surface area contributed by atoms with E-state index < -0.39 is 0 Å². The van der Waals surface area contributed by atoms with Gasteiger partial charge in [-0.3, -0.25) is 4.79 Å². The van der Waals surface area contributed by atoms with Gasteiger partial charge in [-0.1, -0.05) is 0 Å². The first kappa shape index (κ1) is 13.7. The van der Waals surface area contributed by atoms with Crippen LogP contribution in [0.2, 0.25) is 0 Å². The van der Waals surface area contributed by atoms with Crippen molar-refractivity contribution in [2.75, 3.05) is 18.2 Å². The second-order valence-corrected chi connectivity index (χ2v) is 4.41. The molecule has 0 aliphatic rings. The molecule has 0 heterocycles. The molecule has 0 fully saturated rings. The van der Waals surface area contributed by atoms with Gasteiger partial charge in [0, 0.05) is 11.4 Å². The second kappa shape index (κ2) is 5.52. The maximum atomic E-state index is 12.2. The summed E-state index contributed by atoms with van der Waals surface area (Å²) in [6.07, 6.45) is 0. The van der Waals surface area contributed by atoms with E-state index in [0.29, 0.717) is 11.4 Å². The molecule has 2 aromatic rings. The first-order chi connectivity index (χ1) is 9.51. The summed E-state index contributed by atoms with van der Waals surface area (Å²) in [4.78, 5) is 12.2. The molecule has 0 aliphatic heterocycles. The summed E-state index contributed by atoms with van der Waals surface area (Å²) in [5, 5.41) is 12.2. The fourth-order valence-corrected chi connectivity index (χ4v) is 1.83. The summed E-state index contributed by atoms with van der Waals surface area (Å²) in [7, 11) is 1.58. The number of aryl methyl sites for hydroxylation is 1. The second-order valence-electron chi connectivity index (χ2n) is 4.41. The van der Waals surface area contributed by atoms with Crippen molar-refractivity contribution in [1.82, 2.24) is 0 Å². The third kappa shape index (κ3) is 2.83. The zero-order chi connectivity index (χ0) is 14.7. The number of carbonyl (C=O) groups is 1. The number of carbonyl (C=O) groups excluding carboxylic acids is 1. The Hall–Kier alpha value is -2.69. The van der Waals surface area contributed by atoms with Gasteiger partial charge in [0.25, 0.3) is 5.91 Å². The number of nitrogen functional groups attached to an aromatic ring is 1.